The highest BCUT2D eigenvalue weighted by Gasteiger charge is 2.22. The average molecular weight is 351 g/mol. The summed E-state index contributed by atoms with van der Waals surface area (Å²) in [6.45, 7) is 1.36. The first-order chi connectivity index (χ1) is 12.1. The van der Waals surface area contributed by atoms with Crippen LogP contribution in [-0.4, -0.2) is 34.3 Å². The van der Waals surface area contributed by atoms with Crippen LogP contribution in [0.2, 0.25) is 5.02 Å². The lowest BCUT2D eigenvalue weighted by atomic mass is 10.0. The Morgan fingerprint density at radius 1 is 1.12 bits per heavy atom. The molecule has 0 spiro atoms. The summed E-state index contributed by atoms with van der Waals surface area (Å²) in [6.07, 6.45) is 1.94. The predicted octanol–water partition coefficient (Wildman–Crippen LogP) is 3.94. The molecule has 0 unspecified atom stereocenters. The van der Waals surface area contributed by atoms with Gasteiger partial charge in [0.05, 0.1) is 29.8 Å². The normalized spacial score (nSPS) is 13.2. The molecule has 0 aliphatic carbocycles. The largest absolute Gasteiger partial charge is 0.304 e. The van der Waals surface area contributed by atoms with E-state index >= 15 is 0 Å². The van der Waals surface area contributed by atoms with Crippen molar-refractivity contribution in [2.45, 2.75) is 13.1 Å². The minimum Gasteiger partial charge on any atom is -0.304 e. The summed E-state index contributed by atoms with van der Waals surface area (Å²) in [4.78, 5) is 11.6. The van der Waals surface area contributed by atoms with Crippen molar-refractivity contribution in [2.75, 3.05) is 14.1 Å². The topological polar surface area (TPSA) is 33.4 Å². The summed E-state index contributed by atoms with van der Waals surface area (Å²) >= 11 is 6.32. The fourth-order valence-corrected chi connectivity index (χ4v) is 3.41. The molecule has 126 valence electrons. The summed E-state index contributed by atoms with van der Waals surface area (Å²) < 4.78 is 2.21. The van der Waals surface area contributed by atoms with E-state index in [-0.39, 0.29) is 0 Å². The zero-order chi connectivity index (χ0) is 17.4. The van der Waals surface area contributed by atoms with Crippen LogP contribution in [0.1, 0.15) is 22.6 Å². The molecule has 0 atom stereocenters. The van der Waals surface area contributed by atoms with Gasteiger partial charge in [0.2, 0.25) is 0 Å². The summed E-state index contributed by atoms with van der Waals surface area (Å²) in [6, 6.07) is 16.2. The zero-order valence-corrected chi connectivity index (χ0v) is 15.0. The number of aromatic nitrogens is 2. The Morgan fingerprint density at radius 2 is 1.92 bits per heavy atom. The lowest BCUT2D eigenvalue weighted by molar-refractivity contribution is 0.393. The second-order valence-corrected chi connectivity index (χ2v) is 6.87. The van der Waals surface area contributed by atoms with Gasteiger partial charge in [0.25, 0.3) is 0 Å². The van der Waals surface area contributed by atoms with E-state index < -0.39 is 0 Å². The van der Waals surface area contributed by atoms with E-state index in [0.29, 0.717) is 11.6 Å². The maximum absolute atomic E-state index is 6.32. The van der Waals surface area contributed by atoms with Gasteiger partial charge in [-0.05, 0) is 32.3 Å². The van der Waals surface area contributed by atoms with Gasteiger partial charge in [-0.3, -0.25) is 9.56 Å². The third-order valence-corrected chi connectivity index (χ3v) is 4.50. The number of hydrogen-bond acceptors (Lipinski definition) is 3. The van der Waals surface area contributed by atoms with Crippen molar-refractivity contribution in [3.63, 3.8) is 0 Å². The molecular formula is C20H19ClN4. The van der Waals surface area contributed by atoms with E-state index in [9.17, 15) is 0 Å². The van der Waals surface area contributed by atoms with Crippen molar-refractivity contribution in [3.05, 3.63) is 82.4 Å². The average Bonchev–Trinajstić information content (AvgIpc) is 2.90. The second-order valence-electron chi connectivity index (χ2n) is 6.43. The number of benzene rings is 2. The predicted molar refractivity (Wildman–Crippen MR) is 102 cm³/mol. The molecule has 4 nitrogen and oxygen atoms in total. The molecule has 1 aliphatic heterocycles. The monoisotopic (exact) mass is 350 g/mol. The van der Waals surface area contributed by atoms with Gasteiger partial charge in [0.1, 0.15) is 5.82 Å². The number of fused-ring (bicyclic) bond motifs is 3. The highest BCUT2D eigenvalue weighted by Crippen LogP contribution is 2.29. The Balaban J connectivity index is 1.94. The van der Waals surface area contributed by atoms with Crippen molar-refractivity contribution < 1.29 is 0 Å². The van der Waals surface area contributed by atoms with Crippen LogP contribution >= 0.6 is 11.6 Å². The Bertz CT molecular complexity index is 942. The van der Waals surface area contributed by atoms with Crippen molar-refractivity contribution in [3.8, 4) is 5.69 Å². The van der Waals surface area contributed by atoms with Crippen LogP contribution in [0, 0.1) is 0 Å². The van der Waals surface area contributed by atoms with Gasteiger partial charge >= 0.3 is 0 Å². The molecule has 1 aliphatic rings. The van der Waals surface area contributed by atoms with E-state index in [4.69, 9.17) is 16.6 Å². The Hall–Kier alpha value is -2.43. The molecule has 1 aromatic heterocycles. The highest BCUT2D eigenvalue weighted by atomic mass is 35.5. The Morgan fingerprint density at radius 3 is 2.68 bits per heavy atom. The van der Waals surface area contributed by atoms with Gasteiger partial charge in [-0.2, -0.15) is 0 Å². The molecule has 5 heteroatoms. The first-order valence-corrected chi connectivity index (χ1v) is 8.61. The number of aliphatic imine (C=N–C) groups is 1. The quantitative estimate of drug-likeness (QED) is 0.717. The van der Waals surface area contributed by atoms with Gasteiger partial charge in [-0.1, -0.05) is 41.9 Å². The van der Waals surface area contributed by atoms with E-state index in [2.05, 4.69) is 46.7 Å². The number of imidazole rings is 1. The molecule has 0 fully saturated rings. The zero-order valence-electron chi connectivity index (χ0n) is 14.3. The molecule has 25 heavy (non-hydrogen) atoms. The Labute approximate surface area is 152 Å². The maximum Gasteiger partial charge on any atom is 0.135 e. The maximum atomic E-state index is 6.32. The fraction of sp³-hybridized carbons (Fsp3) is 0.200. The second kappa shape index (κ2) is 6.47. The molecule has 0 bridgehead atoms. The molecule has 2 aromatic carbocycles. The Kier molecular flexibility index (Phi) is 4.15. The van der Waals surface area contributed by atoms with Crippen LogP contribution in [0.25, 0.3) is 5.69 Å². The van der Waals surface area contributed by atoms with Crippen LogP contribution in [0.15, 0.2) is 59.7 Å². The molecule has 3 aromatic rings. The van der Waals surface area contributed by atoms with Crippen LogP contribution in [0.3, 0.4) is 0 Å². The smallest absolute Gasteiger partial charge is 0.135 e. The number of nitrogens with zero attached hydrogens (tertiary/aromatic N) is 4. The molecular weight excluding hydrogens is 332 g/mol. The SMILES string of the molecule is CN(C)Cc1cnc2n1-c1ccc(Cl)cc1C(c1ccccc1)=NC2. The van der Waals surface area contributed by atoms with Crippen LogP contribution in [-0.2, 0) is 13.1 Å². The minimum absolute atomic E-state index is 0.546. The first-order valence-electron chi connectivity index (χ1n) is 8.24. The van der Waals surface area contributed by atoms with Crippen LogP contribution < -0.4 is 0 Å². The van der Waals surface area contributed by atoms with Gasteiger partial charge in [0, 0.05) is 22.7 Å². The van der Waals surface area contributed by atoms with E-state index in [0.717, 1.165) is 40.6 Å². The molecule has 0 amide bonds. The van der Waals surface area contributed by atoms with Crippen LogP contribution in [0.5, 0.6) is 0 Å². The van der Waals surface area contributed by atoms with E-state index in [1.807, 2.05) is 36.5 Å². The van der Waals surface area contributed by atoms with Crippen molar-refractivity contribution in [2.24, 2.45) is 4.99 Å². The lowest BCUT2D eigenvalue weighted by Crippen LogP contribution is -2.15. The molecule has 0 saturated carbocycles. The standard InChI is InChI=1S/C20H19ClN4/c1-24(2)13-16-11-22-19-12-23-20(14-6-4-3-5-7-14)17-10-15(21)8-9-18(17)25(16)19/h3-11H,12-13H2,1-2H3. The molecule has 4 rings (SSSR count). The van der Waals surface area contributed by atoms with Gasteiger partial charge in [-0.15, -0.1) is 0 Å². The number of hydrogen-bond donors (Lipinski definition) is 0. The highest BCUT2D eigenvalue weighted by molar-refractivity contribution is 6.31. The van der Waals surface area contributed by atoms with Gasteiger partial charge in [0.15, 0.2) is 0 Å². The summed E-state index contributed by atoms with van der Waals surface area (Å²) in [7, 11) is 4.12. The van der Waals surface area contributed by atoms with Crippen molar-refractivity contribution in [1.29, 1.82) is 0 Å². The minimum atomic E-state index is 0.546. The van der Waals surface area contributed by atoms with E-state index in [1.54, 1.807) is 0 Å². The summed E-state index contributed by atoms with van der Waals surface area (Å²) in [5.41, 5.74) is 5.31. The third-order valence-electron chi connectivity index (χ3n) is 4.27. The molecule has 0 radical (unpaired) electrons. The first kappa shape index (κ1) is 16.1. The summed E-state index contributed by atoms with van der Waals surface area (Å²) in [5.74, 6) is 0.950. The number of halogens is 1. The fourth-order valence-electron chi connectivity index (χ4n) is 3.24. The van der Waals surface area contributed by atoms with Crippen LogP contribution in [0.4, 0.5) is 0 Å². The molecule has 0 N–H and O–H groups in total. The van der Waals surface area contributed by atoms with Gasteiger partial charge < -0.3 is 4.90 Å². The number of rotatable bonds is 3. The summed E-state index contributed by atoms with van der Waals surface area (Å²) in [5, 5.41) is 0.708. The third kappa shape index (κ3) is 2.99. The molecule has 0 saturated heterocycles. The van der Waals surface area contributed by atoms with Crippen molar-refractivity contribution in [1.82, 2.24) is 14.5 Å². The van der Waals surface area contributed by atoms with E-state index in [1.165, 1.54) is 0 Å². The lowest BCUT2D eigenvalue weighted by Gasteiger charge is -2.17. The van der Waals surface area contributed by atoms with Crippen molar-refractivity contribution >= 4 is 17.3 Å². The molecule has 2 heterocycles. The van der Waals surface area contributed by atoms with Gasteiger partial charge in [-0.25, -0.2) is 4.98 Å².